The maximum Gasteiger partial charge on any atom is 0.149 e. The molecule has 0 saturated heterocycles. The summed E-state index contributed by atoms with van der Waals surface area (Å²) in [4.78, 5) is 0. The highest BCUT2D eigenvalue weighted by Gasteiger charge is 2.08. The van der Waals surface area contributed by atoms with Crippen molar-refractivity contribution < 1.29 is 13.9 Å². The molecule has 0 aromatic heterocycles. The Morgan fingerprint density at radius 2 is 1.93 bits per heavy atom. The van der Waals surface area contributed by atoms with Crippen molar-refractivity contribution >= 4 is 5.69 Å². The van der Waals surface area contributed by atoms with Crippen molar-refractivity contribution in [1.82, 2.24) is 0 Å². The first-order valence-electron chi connectivity index (χ1n) is 4.51. The molecule has 0 unspecified atom stereocenters. The minimum Gasteiger partial charge on any atom is -0.391 e. The van der Waals surface area contributed by atoms with Crippen molar-refractivity contribution in [3.05, 3.63) is 29.8 Å². The molecule has 0 heterocycles. The van der Waals surface area contributed by atoms with E-state index in [0.29, 0.717) is 6.42 Å². The van der Waals surface area contributed by atoms with Crippen LogP contribution in [0.5, 0.6) is 0 Å². The van der Waals surface area contributed by atoms with Crippen LogP contribution in [0.1, 0.15) is 13.3 Å². The molecule has 0 amide bonds. The number of benzene rings is 1. The predicted molar refractivity (Wildman–Crippen MR) is 51.1 cm³/mol. The van der Waals surface area contributed by atoms with Gasteiger partial charge in [0.15, 0.2) is 0 Å². The van der Waals surface area contributed by atoms with Gasteiger partial charge in [-0.1, -0.05) is 13.0 Å². The van der Waals surface area contributed by atoms with E-state index in [1.165, 1.54) is 18.2 Å². The number of nitrogens with one attached hydrogen (secondary N) is 1. The van der Waals surface area contributed by atoms with Crippen LogP contribution in [0.15, 0.2) is 18.2 Å². The van der Waals surface area contributed by atoms with Gasteiger partial charge in [0.2, 0.25) is 0 Å². The van der Waals surface area contributed by atoms with Gasteiger partial charge < -0.3 is 10.4 Å². The lowest BCUT2D eigenvalue weighted by molar-refractivity contribution is 0.183. The third kappa shape index (κ3) is 2.67. The Bertz CT molecular complexity index is 284. The summed E-state index contributed by atoms with van der Waals surface area (Å²) in [5.74, 6) is -1.29. The summed E-state index contributed by atoms with van der Waals surface area (Å²) in [5, 5.41) is 11.7. The van der Waals surface area contributed by atoms with Gasteiger partial charge in [-0.3, -0.25) is 0 Å². The average Bonchev–Trinajstić information content (AvgIpc) is 2.16. The average molecular weight is 201 g/mol. The molecule has 2 nitrogen and oxygen atoms in total. The first kappa shape index (κ1) is 10.9. The highest BCUT2D eigenvalue weighted by Crippen LogP contribution is 2.17. The van der Waals surface area contributed by atoms with Crippen molar-refractivity contribution in [2.45, 2.75) is 19.4 Å². The van der Waals surface area contributed by atoms with Crippen molar-refractivity contribution in [3.63, 3.8) is 0 Å². The lowest BCUT2D eigenvalue weighted by atomic mass is 10.2. The van der Waals surface area contributed by atoms with Gasteiger partial charge in [-0.2, -0.15) is 0 Å². The Morgan fingerprint density at radius 3 is 2.43 bits per heavy atom. The van der Waals surface area contributed by atoms with Crippen molar-refractivity contribution in [1.29, 1.82) is 0 Å². The second-order valence-corrected chi connectivity index (χ2v) is 3.04. The van der Waals surface area contributed by atoms with Crippen LogP contribution >= 0.6 is 0 Å². The van der Waals surface area contributed by atoms with Crippen molar-refractivity contribution in [3.8, 4) is 0 Å². The van der Waals surface area contributed by atoms with Crippen molar-refractivity contribution in [2.24, 2.45) is 0 Å². The molecule has 0 saturated carbocycles. The van der Waals surface area contributed by atoms with Crippen LogP contribution in [0.2, 0.25) is 0 Å². The minimum atomic E-state index is -0.645. The van der Waals surface area contributed by atoms with Crippen LogP contribution in [0.4, 0.5) is 14.5 Å². The zero-order valence-corrected chi connectivity index (χ0v) is 7.93. The number of rotatable bonds is 4. The van der Waals surface area contributed by atoms with Gasteiger partial charge in [-0.05, 0) is 18.6 Å². The first-order valence-corrected chi connectivity index (χ1v) is 4.51. The van der Waals surface area contributed by atoms with Crippen LogP contribution in [0.25, 0.3) is 0 Å². The summed E-state index contributed by atoms with van der Waals surface area (Å²) < 4.78 is 26.0. The van der Waals surface area contributed by atoms with E-state index in [-0.39, 0.29) is 12.2 Å². The molecule has 78 valence electrons. The van der Waals surface area contributed by atoms with E-state index in [2.05, 4.69) is 5.32 Å². The quantitative estimate of drug-likeness (QED) is 0.782. The molecule has 0 spiro atoms. The monoisotopic (exact) mass is 201 g/mol. The number of halogens is 2. The van der Waals surface area contributed by atoms with E-state index in [9.17, 15) is 13.9 Å². The molecule has 0 aliphatic heterocycles. The molecule has 0 aliphatic carbocycles. The van der Waals surface area contributed by atoms with Crippen molar-refractivity contribution in [2.75, 3.05) is 11.9 Å². The molecule has 1 aromatic rings. The molecule has 4 heteroatoms. The molecule has 14 heavy (non-hydrogen) atoms. The minimum absolute atomic E-state index is 0.147. The third-order valence-corrected chi connectivity index (χ3v) is 1.95. The Hall–Kier alpha value is -1.16. The second-order valence-electron chi connectivity index (χ2n) is 3.04. The van der Waals surface area contributed by atoms with E-state index in [0.717, 1.165) is 0 Å². The maximum absolute atomic E-state index is 13.0. The van der Waals surface area contributed by atoms with Gasteiger partial charge in [0.25, 0.3) is 0 Å². The maximum atomic E-state index is 13.0. The summed E-state index contributed by atoms with van der Waals surface area (Å²) in [6, 6.07) is 3.64. The van der Waals surface area contributed by atoms with Gasteiger partial charge >= 0.3 is 0 Å². The van der Waals surface area contributed by atoms with Crippen LogP contribution in [0.3, 0.4) is 0 Å². The smallest absolute Gasteiger partial charge is 0.149 e. The molecular weight excluding hydrogens is 188 g/mol. The largest absolute Gasteiger partial charge is 0.391 e. The SMILES string of the molecule is CC[C@H](O)CNc1c(F)cccc1F. The lowest BCUT2D eigenvalue weighted by Crippen LogP contribution is -2.19. The van der Waals surface area contributed by atoms with Gasteiger partial charge in [0, 0.05) is 6.54 Å². The molecule has 1 atom stereocenters. The number of hydrogen-bond acceptors (Lipinski definition) is 2. The summed E-state index contributed by atoms with van der Waals surface area (Å²) in [7, 11) is 0. The second kappa shape index (κ2) is 4.91. The summed E-state index contributed by atoms with van der Waals surface area (Å²) >= 11 is 0. The lowest BCUT2D eigenvalue weighted by Gasteiger charge is -2.11. The third-order valence-electron chi connectivity index (χ3n) is 1.95. The van der Waals surface area contributed by atoms with E-state index in [1.54, 1.807) is 6.92 Å². The number of aliphatic hydroxyl groups is 1. The topological polar surface area (TPSA) is 32.3 Å². The van der Waals surface area contributed by atoms with Crippen LogP contribution < -0.4 is 5.32 Å². The Kier molecular flexibility index (Phi) is 3.83. The highest BCUT2D eigenvalue weighted by molar-refractivity contribution is 5.46. The molecule has 0 bridgehead atoms. The predicted octanol–water partition coefficient (Wildman–Crippen LogP) is 2.15. The van der Waals surface area contributed by atoms with E-state index >= 15 is 0 Å². The van der Waals surface area contributed by atoms with E-state index in [1.807, 2.05) is 0 Å². The Balaban J connectivity index is 2.66. The zero-order valence-electron chi connectivity index (χ0n) is 7.93. The highest BCUT2D eigenvalue weighted by atomic mass is 19.1. The fourth-order valence-corrected chi connectivity index (χ4v) is 1.03. The summed E-state index contributed by atoms with van der Waals surface area (Å²) in [6.07, 6.45) is -0.0442. The molecule has 0 fully saturated rings. The van der Waals surface area contributed by atoms with Gasteiger partial charge in [0.1, 0.15) is 17.3 Å². The number of para-hydroxylation sites is 1. The van der Waals surface area contributed by atoms with Gasteiger partial charge in [0.05, 0.1) is 6.10 Å². The zero-order chi connectivity index (χ0) is 10.6. The molecule has 0 aliphatic rings. The van der Waals surface area contributed by atoms with Gasteiger partial charge in [-0.15, -0.1) is 0 Å². The fourth-order valence-electron chi connectivity index (χ4n) is 1.03. The normalized spacial score (nSPS) is 12.6. The Morgan fingerprint density at radius 1 is 1.36 bits per heavy atom. The van der Waals surface area contributed by atoms with Crippen LogP contribution in [0, 0.1) is 11.6 Å². The van der Waals surface area contributed by atoms with E-state index in [4.69, 9.17) is 0 Å². The fraction of sp³-hybridized carbons (Fsp3) is 0.400. The standard InChI is InChI=1S/C10H13F2NO/c1-2-7(14)6-13-10-8(11)4-3-5-9(10)12/h3-5,7,13-14H,2,6H2,1H3/t7-/m0/s1. The molecular formula is C10H13F2NO. The first-order chi connectivity index (χ1) is 6.65. The molecule has 1 rings (SSSR count). The summed E-state index contributed by atoms with van der Waals surface area (Å²) in [5.41, 5.74) is -0.181. The van der Waals surface area contributed by atoms with Crippen LogP contribution in [-0.2, 0) is 0 Å². The number of anilines is 1. The Labute approximate surface area is 81.6 Å². The summed E-state index contributed by atoms with van der Waals surface area (Å²) in [6.45, 7) is 1.94. The van der Waals surface area contributed by atoms with Gasteiger partial charge in [-0.25, -0.2) is 8.78 Å². The number of aliphatic hydroxyl groups excluding tert-OH is 1. The molecule has 0 radical (unpaired) electrons. The van der Waals surface area contributed by atoms with E-state index < -0.39 is 17.7 Å². The van der Waals surface area contributed by atoms with Crippen LogP contribution in [-0.4, -0.2) is 17.8 Å². The molecule has 1 aromatic carbocycles. The molecule has 2 N–H and O–H groups in total. The number of hydrogen-bond donors (Lipinski definition) is 2.